The molecule has 4 nitrogen and oxygen atoms in total. The summed E-state index contributed by atoms with van der Waals surface area (Å²) in [6.45, 7) is 6.98. The summed E-state index contributed by atoms with van der Waals surface area (Å²) in [5.74, 6) is 1.20. The highest BCUT2D eigenvalue weighted by Gasteiger charge is 2.25. The zero-order valence-corrected chi connectivity index (χ0v) is 13.5. The van der Waals surface area contributed by atoms with Gasteiger partial charge in [-0.25, -0.2) is 4.79 Å². The third-order valence-corrected chi connectivity index (χ3v) is 4.89. The van der Waals surface area contributed by atoms with Gasteiger partial charge in [0.15, 0.2) is 0 Å². The number of carbonyl (C=O) groups is 1. The second-order valence-electron chi connectivity index (χ2n) is 6.82. The zero-order chi connectivity index (χ0) is 15.4. The first-order valence-corrected chi connectivity index (χ1v) is 8.55. The molecule has 2 unspecified atom stereocenters. The summed E-state index contributed by atoms with van der Waals surface area (Å²) in [5, 5.41) is 3.15. The Hall–Kier alpha value is -1.71. The molecule has 0 bridgehead atoms. The van der Waals surface area contributed by atoms with Crippen molar-refractivity contribution in [2.75, 3.05) is 37.6 Å². The van der Waals surface area contributed by atoms with Gasteiger partial charge in [0.2, 0.25) is 0 Å². The van der Waals surface area contributed by atoms with Crippen LogP contribution in [0.1, 0.15) is 26.2 Å². The highest BCUT2D eigenvalue weighted by molar-refractivity contribution is 5.74. The van der Waals surface area contributed by atoms with Crippen LogP contribution in [0.5, 0.6) is 0 Å². The van der Waals surface area contributed by atoms with Gasteiger partial charge >= 0.3 is 6.03 Å². The first-order valence-electron chi connectivity index (χ1n) is 8.55. The zero-order valence-electron chi connectivity index (χ0n) is 13.5. The van der Waals surface area contributed by atoms with Gasteiger partial charge in [0.1, 0.15) is 0 Å². The van der Waals surface area contributed by atoms with E-state index in [9.17, 15) is 4.79 Å². The Labute approximate surface area is 133 Å². The minimum atomic E-state index is 0.129. The Bertz CT molecular complexity index is 490. The first kappa shape index (κ1) is 15.2. The number of carbonyl (C=O) groups excluding carboxylic acids is 1. The molecule has 0 aliphatic carbocycles. The van der Waals surface area contributed by atoms with Crippen LogP contribution in [0.25, 0.3) is 0 Å². The van der Waals surface area contributed by atoms with Gasteiger partial charge in [0.05, 0.1) is 0 Å². The van der Waals surface area contributed by atoms with Crippen LogP contribution in [0.4, 0.5) is 10.5 Å². The molecule has 2 fully saturated rings. The van der Waals surface area contributed by atoms with E-state index in [1.54, 1.807) is 0 Å². The Balaban J connectivity index is 1.44. The number of hydrogen-bond acceptors (Lipinski definition) is 2. The van der Waals surface area contributed by atoms with Crippen molar-refractivity contribution < 1.29 is 4.79 Å². The molecule has 0 saturated carbocycles. The van der Waals surface area contributed by atoms with Crippen LogP contribution in [0.3, 0.4) is 0 Å². The predicted molar refractivity (Wildman–Crippen MR) is 90.1 cm³/mol. The quantitative estimate of drug-likeness (QED) is 0.931. The van der Waals surface area contributed by atoms with Crippen LogP contribution >= 0.6 is 0 Å². The molecule has 0 spiro atoms. The highest BCUT2D eigenvalue weighted by Crippen LogP contribution is 2.23. The first-order chi connectivity index (χ1) is 10.7. The van der Waals surface area contributed by atoms with E-state index >= 15 is 0 Å². The lowest BCUT2D eigenvalue weighted by Crippen LogP contribution is -2.46. The van der Waals surface area contributed by atoms with Gasteiger partial charge in [-0.3, -0.25) is 0 Å². The van der Waals surface area contributed by atoms with E-state index < -0.39 is 0 Å². The summed E-state index contributed by atoms with van der Waals surface area (Å²) in [4.78, 5) is 16.7. The number of nitrogens with zero attached hydrogens (tertiary/aromatic N) is 2. The average Bonchev–Trinajstić information content (AvgIpc) is 3.02. The molecular weight excluding hydrogens is 274 g/mol. The fraction of sp³-hybridized carbons (Fsp3) is 0.611. The number of amides is 2. The van der Waals surface area contributed by atoms with E-state index in [1.807, 2.05) is 4.90 Å². The summed E-state index contributed by atoms with van der Waals surface area (Å²) in [5.41, 5.74) is 1.29. The van der Waals surface area contributed by atoms with Crippen molar-refractivity contribution in [2.24, 2.45) is 11.8 Å². The van der Waals surface area contributed by atoms with Gasteiger partial charge in [0.25, 0.3) is 0 Å². The molecule has 22 heavy (non-hydrogen) atoms. The number of nitrogens with one attached hydrogen (secondary N) is 1. The van der Waals surface area contributed by atoms with Crippen molar-refractivity contribution in [2.45, 2.75) is 26.2 Å². The van der Waals surface area contributed by atoms with E-state index in [2.05, 4.69) is 47.5 Å². The van der Waals surface area contributed by atoms with Crippen LogP contribution in [-0.4, -0.2) is 43.7 Å². The fourth-order valence-corrected chi connectivity index (χ4v) is 3.59. The Morgan fingerprint density at radius 3 is 2.77 bits per heavy atom. The molecule has 2 amide bonds. The minimum absolute atomic E-state index is 0.129. The maximum Gasteiger partial charge on any atom is 0.317 e. The predicted octanol–water partition coefficient (Wildman–Crippen LogP) is 2.95. The van der Waals surface area contributed by atoms with Gasteiger partial charge in [-0.15, -0.1) is 0 Å². The van der Waals surface area contributed by atoms with Crippen LogP contribution in [0, 0.1) is 11.8 Å². The lowest BCUT2D eigenvalue weighted by Gasteiger charge is -2.31. The number of piperidine rings is 1. The summed E-state index contributed by atoms with van der Waals surface area (Å²) < 4.78 is 0. The Kier molecular flexibility index (Phi) is 4.86. The van der Waals surface area contributed by atoms with Crippen molar-refractivity contribution in [3.63, 3.8) is 0 Å². The number of likely N-dealkylation sites (tertiary alicyclic amines) is 1. The number of hydrogen-bond donors (Lipinski definition) is 1. The molecule has 1 aromatic carbocycles. The molecule has 3 rings (SSSR count). The van der Waals surface area contributed by atoms with Crippen LogP contribution < -0.4 is 10.2 Å². The number of urea groups is 1. The number of benzene rings is 1. The van der Waals surface area contributed by atoms with E-state index in [-0.39, 0.29) is 6.03 Å². The van der Waals surface area contributed by atoms with Crippen LogP contribution in [0.2, 0.25) is 0 Å². The molecule has 2 atom stereocenters. The largest absolute Gasteiger partial charge is 0.371 e. The molecule has 1 aromatic rings. The molecule has 0 radical (unpaired) electrons. The molecule has 1 N–H and O–H groups in total. The van der Waals surface area contributed by atoms with Crippen molar-refractivity contribution in [3.05, 3.63) is 30.3 Å². The number of anilines is 1. The molecule has 120 valence electrons. The second kappa shape index (κ2) is 7.03. The van der Waals surface area contributed by atoms with E-state index in [1.165, 1.54) is 12.1 Å². The van der Waals surface area contributed by atoms with Crippen LogP contribution in [0.15, 0.2) is 30.3 Å². The maximum absolute atomic E-state index is 12.3. The van der Waals surface area contributed by atoms with Crippen molar-refractivity contribution in [1.29, 1.82) is 0 Å². The molecule has 2 saturated heterocycles. The minimum Gasteiger partial charge on any atom is -0.371 e. The highest BCUT2D eigenvalue weighted by atomic mass is 16.2. The van der Waals surface area contributed by atoms with E-state index in [4.69, 9.17) is 0 Å². The summed E-state index contributed by atoms with van der Waals surface area (Å²) in [6, 6.07) is 10.7. The number of rotatable bonds is 3. The molecule has 2 aliphatic heterocycles. The third kappa shape index (κ3) is 3.73. The SMILES string of the molecule is CC1CCCN(C(=O)NCC2CCN(c3ccccc3)C2)C1. The fourth-order valence-electron chi connectivity index (χ4n) is 3.59. The standard InChI is InChI=1S/C18H27N3O/c1-15-6-5-10-21(13-15)18(22)19-12-16-9-11-20(14-16)17-7-3-2-4-8-17/h2-4,7-8,15-16H,5-6,9-14H2,1H3,(H,19,22). The lowest BCUT2D eigenvalue weighted by atomic mass is 10.0. The Morgan fingerprint density at radius 2 is 2.00 bits per heavy atom. The summed E-state index contributed by atoms with van der Waals surface area (Å²) in [7, 11) is 0. The van der Waals surface area contributed by atoms with Gasteiger partial charge in [-0.2, -0.15) is 0 Å². The molecule has 4 heteroatoms. The number of para-hydroxylation sites is 1. The molecule has 2 aliphatic rings. The molecular formula is C18H27N3O. The topological polar surface area (TPSA) is 35.6 Å². The normalized spacial score (nSPS) is 25.3. The smallest absolute Gasteiger partial charge is 0.317 e. The van der Waals surface area contributed by atoms with Gasteiger partial charge in [-0.1, -0.05) is 25.1 Å². The van der Waals surface area contributed by atoms with Crippen molar-refractivity contribution in [3.8, 4) is 0 Å². The summed E-state index contributed by atoms with van der Waals surface area (Å²) in [6.07, 6.45) is 3.55. The maximum atomic E-state index is 12.3. The van der Waals surface area contributed by atoms with E-state index in [0.717, 1.165) is 45.6 Å². The summed E-state index contributed by atoms with van der Waals surface area (Å²) >= 11 is 0. The molecule has 0 aromatic heterocycles. The second-order valence-corrected chi connectivity index (χ2v) is 6.82. The van der Waals surface area contributed by atoms with Gasteiger partial charge < -0.3 is 15.1 Å². The molecule has 2 heterocycles. The van der Waals surface area contributed by atoms with Crippen molar-refractivity contribution in [1.82, 2.24) is 10.2 Å². The lowest BCUT2D eigenvalue weighted by molar-refractivity contribution is 0.168. The van der Waals surface area contributed by atoms with E-state index in [0.29, 0.717) is 11.8 Å². The van der Waals surface area contributed by atoms with Crippen LogP contribution in [-0.2, 0) is 0 Å². The van der Waals surface area contributed by atoms with Gasteiger partial charge in [0, 0.05) is 38.4 Å². The van der Waals surface area contributed by atoms with Gasteiger partial charge in [-0.05, 0) is 43.2 Å². The Morgan fingerprint density at radius 1 is 1.18 bits per heavy atom. The monoisotopic (exact) mass is 301 g/mol. The third-order valence-electron chi connectivity index (χ3n) is 4.89. The van der Waals surface area contributed by atoms with Crippen molar-refractivity contribution >= 4 is 11.7 Å². The average molecular weight is 301 g/mol.